The molecule has 13 heavy (non-hydrogen) atoms. The summed E-state index contributed by atoms with van der Waals surface area (Å²) >= 11 is 2.85. The summed E-state index contributed by atoms with van der Waals surface area (Å²) in [4.78, 5) is 3.27. The van der Waals surface area contributed by atoms with E-state index in [4.69, 9.17) is 5.73 Å². The average molecular weight is 255 g/mol. The molecule has 0 aliphatic carbocycles. The van der Waals surface area contributed by atoms with Crippen LogP contribution in [0.1, 0.15) is 11.3 Å². The fraction of sp³-hybridized carbons (Fsp3) is 0.286. The topological polar surface area (TPSA) is 38.9 Å². The van der Waals surface area contributed by atoms with Crippen molar-refractivity contribution in [2.45, 2.75) is 13.1 Å². The monoisotopic (exact) mass is 254 g/mol. The minimum absolute atomic E-state index is 0.0276. The first kappa shape index (κ1) is 10.3. The van der Waals surface area contributed by atoms with Gasteiger partial charge in [-0.1, -0.05) is 0 Å². The molecular weight excluding hydrogens is 249 g/mol. The zero-order valence-electron chi connectivity index (χ0n) is 6.61. The van der Waals surface area contributed by atoms with Gasteiger partial charge >= 0.3 is 6.18 Å². The number of nitrogen functional groups attached to an aromatic ring is 1. The van der Waals surface area contributed by atoms with E-state index < -0.39 is 11.9 Å². The number of aryl methyl sites for hydroxylation is 1. The van der Waals surface area contributed by atoms with Crippen LogP contribution in [0.2, 0.25) is 0 Å². The zero-order chi connectivity index (χ0) is 10.2. The molecule has 1 rings (SSSR count). The molecule has 0 fully saturated rings. The maximum atomic E-state index is 12.2. The van der Waals surface area contributed by atoms with Gasteiger partial charge in [0.15, 0.2) is 0 Å². The van der Waals surface area contributed by atoms with Crippen molar-refractivity contribution in [1.82, 2.24) is 4.98 Å². The molecular formula is C7H6BrF3N2. The second-order valence-electron chi connectivity index (χ2n) is 2.53. The first-order valence-electron chi connectivity index (χ1n) is 3.32. The van der Waals surface area contributed by atoms with Crippen LogP contribution in [-0.2, 0) is 6.18 Å². The molecule has 1 aromatic rings. The Morgan fingerprint density at radius 1 is 1.46 bits per heavy atom. The maximum Gasteiger partial charge on any atom is 0.433 e. The van der Waals surface area contributed by atoms with Gasteiger partial charge in [-0.2, -0.15) is 13.2 Å². The number of nitrogens with two attached hydrogens (primary N) is 1. The third kappa shape index (κ3) is 2.12. The highest BCUT2D eigenvalue weighted by atomic mass is 79.9. The molecule has 0 aromatic carbocycles. The highest BCUT2D eigenvalue weighted by Crippen LogP contribution is 2.31. The lowest BCUT2D eigenvalue weighted by Crippen LogP contribution is -2.09. The molecule has 0 radical (unpaired) electrons. The van der Waals surface area contributed by atoms with E-state index in [1.807, 2.05) is 0 Å². The lowest BCUT2D eigenvalue weighted by Gasteiger charge is -2.09. The minimum Gasteiger partial charge on any atom is -0.396 e. The lowest BCUT2D eigenvalue weighted by atomic mass is 10.2. The molecule has 0 aliphatic heterocycles. The number of anilines is 1. The molecule has 0 saturated carbocycles. The summed E-state index contributed by atoms with van der Waals surface area (Å²) in [5.41, 5.74) is 5.06. The number of alkyl halides is 3. The number of nitrogens with zero attached hydrogens (tertiary/aromatic N) is 1. The quantitative estimate of drug-likeness (QED) is 0.724. The van der Waals surface area contributed by atoms with Crippen LogP contribution < -0.4 is 5.73 Å². The van der Waals surface area contributed by atoms with Crippen LogP contribution in [0.5, 0.6) is 0 Å². The summed E-state index contributed by atoms with van der Waals surface area (Å²) in [5, 5.41) is 0. The van der Waals surface area contributed by atoms with Gasteiger partial charge in [-0.05, 0) is 34.5 Å². The molecule has 2 N–H and O–H groups in total. The molecule has 1 aromatic heterocycles. The molecule has 0 aliphatic rings. The van der Waals surface area contributed by atoms with E-state index in [9.17, 15) is 13.2 Å². The Bertz CT molecular complexity index is 312. The average Bonchev–Trinajstić information content (AvgIpc) is 1.97. The Morgan fingerprint density at radius 2 is 2.00 bits per heavy atom. The maximum absolute atomic E-state index is 12.2. The molecule has 2 nitrogen and oxygen atoms in total. The molecule has 0 bridgehead atoms. The molecule has 0 saturated heterocycles. The molecule has 0 unspecified atom stereocenters. The summed E-state index contributed by atoms with van der Waals surface area (Å²) < 4.78 is 36.5. The second-order valence-corrected chi connectivity index (χ2v) is 3.28. The van der Waals surface area contributed by atoms with Crippen LogP contribution in [0.3, 0.4) is 0 Å². The fourth-order valence-corrected chi connectivity index (χ4v) is 1.29. The summed E-state index contributed by atoms with van der Waals surface area (Å²) in [6, 6.07) is 0.917. The van der Waals surface area contributed by atoms with E-state index in [-0.39, 0.29) is 10.3 Å². The Kier molecular flexibility index (Phi) is 2.51. The number of pyridine rings is 1. The van der Waals surface area contributed by atoms with E-state index >= 15 is 0 Å². The molecule has 0 amide bonds. The van der Waals surface area contributed by atoms with Gasteiger partial charge in [-0.15, -0.1) is 0 Å². The summed E-state index contributed by atoms with van der Waals surface area (Å²) in [7, 11) is 0. The number of rotatable bonds is 0. The number of hydrogen-bond acceptors (Lipinski definition) is 2. The van der Waals surface area contributed by atoms with E-state index in [0.717, 1.165) is 6.07 Å². The summed E-state index contributed by atoms with van der Waals surface area (Å²) in [5.74, 6) is 0. The standard InChI is InChI=1S/C7H6BrF3N2/c1-3-2-4(7(9,10)11)13-6(8)5(3)12/h2H,12H2,1H3. The highest BCUT2D eigenvalue weighted by Gasteiger charge is 2.33. The van der Waals surface area contributed by atoms with Crippen molar-refractivity contribution in [2.24, 2.45) is 0 Å². The van der Waals surface area contributed by atoms with E-state index in [1.54, 1.807) is 0 Å². The Morgan fingerprint density at radius 3 is 2.38 bits per heavy atom. The van der Waals surface area contributed by atoms with Crippen molar-refractivity contribution in [3.05, 3.63) is 21.9 Å². The van der Waals surface area contributed by atoms with Gasteiger partial charge in [0.2, 0.25) is 0 Å². The zero-order valence-corrected chi connectivity index (χ0v) is 8.20. The van der Waals surface area contributed by atoms with Crippen molar-refractivity contribution in [3.8, 4) is 0 Å². The van der Waals surface area contributed by atoms with E-state index in [2.05, 4.69) is 20.9 Å². The molecule has 72 valence electrons. The van der Waals surface area contributed by atoms with Crippen LogP contribution in [0, 0.1) is 6.92 Å². The van der Waals surface area contributed by atoms with Crippen LogP contribution in [0.15, 0.2) is 10.7 Å². The lowest BCUT2D eigenvalue weighted by molar-refractivity contribution is -0.141. The van der Waals surface area contributed by atoms with Crippen LogP contribution >= 0.6 is 15.9 Å². The first-order valence-corrected chi connectivity index (χ1v) is 4.11. The Balaban J connectivity index is 3.29. The Hall–Kier alpha value is -0.780. The van der Waals surface area contributed by atoms with Gasteiger partial charge in [-0.3, -0.25) is 0 Å². The number of aromatic nitrogens is 1. The molecule has 1 heterocycles. The van der Waals surface area contributed by atoms with Crippen molar-refractivity contribution in [2.75, 3.05) is 5.73 Å². The number of halogens is 4. The van der Waals surface area contributed by atoms with Gasteiger partial charge in [0.25, 0.3) is 0 Å². The Labute approximate surface area is 81.1 Å². The highest BCUT2D eigenvalue weighted by molar-refractivity contribution is 9.10. The van der Waals surface area contributed by atoms with Gasteiger partial charge in [-0.25, -0.2) is 4.98 Å². The largest absolute Gasteiger partial charge is 0.433 e. The van der Waals surface area contributed by atoms with Crippen molar-refractivity contribution in [3.63, 3.8) is 0 Å². The first-order chi connectivity index (χ1) is 5.82. The molecule has 0 atom stereocenters. The second kappa shape index (κ2) is 3.17. The van der Waals surface area contributed by atoms with Crippen LogP contribution in [0.25, 0.3) is 0 Å². The van der Waals surface area contributed by atoms with Gasteiger partial charge in [0, 0.05) is 0 Å². The normalized spacial score (nSPS) is 11.8. The van der Waals surface area contributed by atoms with Crippen molar-refractivity contribution >= 4 is 21.6 Å². The fourth-order valence-electron chi connectivity index (χ4n) is 0.789. The van der Waals surface area contributed by atoms with Gasteiger partial charge < -0.3 is 5.73 Å². The van der Waals surface area contributed by atoms with Gasteiger partial charge in [0.05, 0.1) is 5.69 Å². The van der Waals surface area contributed by atoms with Crippen molar-refractivity contribution in [1.29, 1.82) is 0 Å². The smallest absolute Gasteiger partial charge is 0.396 e. The van der Waals surface area contributed by atoms with Crippen LogP contribution in [0.4, 0.5) is 18.9 Å². The van der Waals surface area contributed by atoms with E-state index in [1.165, 1.54) is 6.92 Å². The predicted molar refractivity (Wildman–Crippen MR) is 46.1 cm³/mol. The summed E-state index contributed by atoms with van der Waals surface area (Å²) in [6.45, 7) is 1.50. The SMILES string of the molecule is Cc1cc(C(F)(F)F)nc(Br)c1N. The van der Waals surface area contributed by atoms with Gasteiger partial charge in [0.1, 0.15) is 10.3 Å². The van der Waals surface area contributed by atoms with Crippen molar-refractivity contribution < 1.29 is 13.2 Å². The van der Waals surface area contributed by atoms with Crippen LogP contribution in [-0.4, -0.2) is 4.98 Å². The molecule has 6 heteroatoms. The molecule has 0 spiro atoms. The summed E-state index contributed by atoms with van der Waals surface area (Å²) in [6.07, 6.45) is -4.43. The number of hydrogen-bond donors (Lipinski definition) is 1. The third-order valence-electron chi connectivity index (χ3n) is 1.51. The third-order valence-corrected chi connectivity index (χ3v) is 2.11. The minimum atomic E-state index is -4.43. The van der Waals surface area contributed by atoms with E-state index in [0.29, 0.717) is 5.56 Å². The predicted octanol–water partition coefficient (Wildman–Crippen LogP) is 2.75.